The molecule has 6 nitrogen and oxygen atoms in total. The summed E-state index contributed by atoms with van der Waals surface area (Å²) in [6.45, 7) is 7.54. The molecular formula is C13H19N5O. The Bertz CT molecular complexity index is 559. The maximum Gasteiger partial charge on any atom is 0.166 e. The van der Waals surface area contributed by atoms with Crippen LogP contribution in [0.4, 0.5) is 5.82 Å². The number of nitrogens with one attached hydrogen (secondary N) is 1. The number of anilines is 1. The number of ether oxygens (including phenoxy) is 1. The predicted octanol–water partition coefficient (Wildman–Crippen LogP) is 1.51. The highest BCUT2D eigenvalue weighted by Crippen LogP contribution is 2.20. The van der Waals surface area contributed by atoms with Crippen molar-refractivity contribution in [1.82, 2.24) is 19.6 Å². The molecule has 6 heteroatoms. The average molecular weight is 261 g/mol. The third-order valence-electron chi connectivity index (χ3n) is 3.28. The van der Waals surface area contributed by atoms with Gasteiger partial charge in [-0.2, -0.15) is 5.10 Å². The first kappa shape index (κ1) is 12.4. The number of morpholine rings is 1. The van der Waals surface area contributed by atoms with E-state index >= 15 is 0 Å². The molecule has 2 aromatic rings. The predicted molar refractivity (Wildman–Crippen MR) is 73.1 cm³/mol. The summed E-state index contributed by atoms with van der Waals surface area (Å²) in [4.78, 5) is 4.42. The normalized spacial score (nSPS) is 17.2. The Balaban J connectivity index is 1.89. The van der Waals surface area contributed by atoms with Gasteiger partial charge in [-0.1, -0.05) is 13.8 Å². The molecule has 3 heterocycles. The molecule has 0 radical (unpaired) electrons. The van der Waals surface area contributed by atoms with E-state index in [9.17, 15) is 0 Å². The second-order valence-electron chi connectivity index (χ2n) is 5.04. The van der Waals surface area contributed by atoms with Crippen LogP contribution in [-0.2, 0) is 4.74 Å². The lowest BCUT2D eigenvalue weighted by atomic mass is 10.1. The standard InChI is InChI=1S/C13H19N5O/c1-10(2)11-9-12-13(14-3-4-18(12)15-11)16-17-5-7-19-8-6-17/h3-4,9-10H,5-8H2,1-2H3,(H,14,16). The van der Waals surface area contributed by atoms with Gasteiger partial charge < -0.3 is 10.2 Å². The Kier molecular flexibility index (Phi) is 3.35. The molecule has 0 unspecified atom stereocenters. The van der Waals surface area contributed by atoms with Gasteiger partial charge in [0.15, 0.2) is 5.82 Å². The zero-order valence-electron chi connectivity index (χ0n) is 11.3. The summed E-state index contributed by atoms with van der Waals surface area (Å²) in [7, 11) is 0. The molecule has 0 aliphatic carbocycles. The molecule has 0 aromatic carbocycles. The maximum atomic E-state index is 5.34. The zero-order valence-corrected chi connectivity index (χ0v) is 11.3. The first-order valence-electron chi connectivity index (χ1n) is 6.67. The highest BCUT2D eigenvalue weighted by molar-refractivity contribution is 5.67. The molecule has 102 valence electrons. The van der Waals surface area contributed by atoms with Gasteiger partial charge in [0.25, 0.3) is 0 Å². The van der Waals surface area contributed by atoms with Gasteiger partial charge in [-0.15, -0.1) is 0 Å². The van der Waals surface area contributed by atoms with Crippen molar-refractivity contribution in [2.75, 3.05) is 31.7 Å². The molecule has 3 rings (SSSR count). The number of rotatable bonds is 3. The minimum absolute atomic E-state index is 0.413. The molecule has 0 bridgehead atoms. The van der Waals surface area contributed by atoms with Gasteiger partial charge in [0.1, 0.15) is 5.52 Å². The van der Waals surface area contributed by atoms with E-state index in [0.29, 0.717) is 5.92 Å². The largest absolute Gasteiger partial charge is 0.379 e. The quantitative estimate of drug-likeness (QED) is 0.907. The molecular weight excluding hydrogens is 242 g/mol. The fraction of sp³-hybridized carbons (Fsp3) is 0.538. The highest BCUT2D eigenvalue weighted by atomic mass is 16.5. The van der Waals surface area contributed by atoms with Crippen molar-refractivity contribution in [3.8, 4) is 0 Å². The van der Waals surface area contributed by atoms with E-state index in [-0.39, 0.29) is 0 Å². The van der Waals surface area contributed by atoms with Crippen LogP contribution in [0.15, 0.2) is 18.5 Å². The number of nitrogens with zero attached hydrogens (tertiary/aromatic N) is 4. The van der Waals surface area contributed by atoms with E-state index < -0.39 is 0 Å². The van der Waals surface area contributed by atoms with Gasteiger partial charge in [-0.05, 0) is 12.0 Å². The summed E-state index contributed by atoms with van der Waals surface area (Å²) in [6, 6.07) is 2.10. The van der Waals surface area contributed by atoms with Gasteiger partial charge >= 0.3 is 0 Å². The van der Waals surface area contributed by atoms with Gasteiger partial charge in [-0.3, -0.25) is 0 Å². The average Bonchev–Trinajstić information content (AvgIpc) is 2.85. The number of hydrazine groups is 1. The minimum Gasteiger partial charge on any atom is -0.379 e. The lowest BCUT2D eigenvalue weighted by Gasteiger charge is -2.27. The van der Waals surface area contributed by atoms with Crippen molar-refractivity contribution in [2.45, 2.75) is 19.8 Å². The summed E-state index contributed by atoms with van der Waals surface area (Å²) < 4.78 is 7.22. The molecule has 0 saturated carbocycles. The molecule has 2 aromatic heterocycles. The Labute approximate surface area is 112 Å². The second kappa shape index (κ2) is 5.14. The van der Waals surface area contributed by atoms with E-state index in [4.69, 9.17) is 4.74 Å². The summed E-state index contributed by atoms with van der Waals surface area (Å²) in [5.74, 6) is 1.26. The molecule has 1 saturated heterocycles. The molecule has 0 atom stereocenters. The van der Waals surface area contributed by atoms with Crippen LogP contribution >= 0.6 is 0 Å². The fourth-order valence-corrected chi connectivity index (χ4v) is 2.13. The molecule has 1 aliphatic rings. The van der Waals surface area contributed by atoms with E-state index in [0.717, 1.165) is 43.3 Å². The summed E-state index contributed by atoms with van der Waals surface area (Å²) >= 11 is 0. The van der Waals surface area contributed by atoms with Gasteiger partial charge in [0, 0.05) is 25.5 Å². The van der Waals surface area contributed by atoms with Crippen LogP contribution < -0.4 is 5.43 Å². The van der Waals surface area contributed by atoms with Gasteiger partial charge in [0.2, 0.25) is 0 Å². The van der Waals surface area contributed by atoms with Gasteiger partial charge in [0.05, 0.1) is 18.9 Å². The lowest BCUT2D eigenvalue weighted by molar-refractivity contribution is 0.0495. The molecule has 1 N–H and O–H groups in total. The fourth-order valence-electron chi connectivity index (χ4n) is 2.13. The van der Waals surface area contributed by atoms with Crippen molar-refractivity contribution in [3.05, 3.63) is 24.2 Å². The third kappa shape index (κ3) is 2.54. The van der Waals surface area contributed by atoms with Crippen LogP contribution in [0.3, 0.4) is 0 Å². The van der Waals surface area contributed by atoms with Crippen LogP contribution in [0.2, 0.25) is 0 Å². The minimum atomic E-state index is 0.413. The van der Waals surface area contributed by atoms with Crippen molar-refractivity contribution >= 4 is 11.3 Å². The second-order valence-corrected chi connectivity index (χ2v) is 5.04. The summed E-state index contributed by atoms with van der Waals surface area (Å²) in [6.07, 6.45) is 3.65. The van der Waals surface area contributed by atoms with Crippen molar-refractivity contribution in [1.29, 1.82) is 0 Å². The van der Waals surface area contributed by atoms with Gasteiger partial charge in [-0.25, -0.2) is 14.5 Å². The molecule has 1 aliphatic heterocycles. The topological polar surface area (TPSA) is 54.7 Å². The maximum absolute atomic E-state index is 5.34. The van der Waals surface area contributed by atoms with E-state index in [1.54, 1.807) is 6.20 Å². The highest BCUT2D eigenvalue weighted by Gasteiger charge is 2.14. The Morgan fingerprint density at radius 3 is 2.84 bits per heavy atom. The molecule has 1 fully saturated rings. The Morgan fingerprint density at radius 1 is 1.32 bits per heavy atom. The number of hydrogen-bond acceptors (Lipinski definition) is 5. The van der Waals surface area contributed by atoms with Crippen LogP contribution in [-0.4, -0.2) is 45.9 Å². The summed E-state index contributed by atoms with van der Waals surface area (Å²) in [5, 5.41) is 6.69. The van der Waals surface area contributed by atoms with Crippen molar-refractivity contribution in [2.24, 2.45) is 0 Å². The first-order valence-corrected chi connectivity index (χ1v) is 6.67. The Morgan fingerprint density at radius 2 is 2.11 bits per heavy atom. The molecule has 0 amide bonds. The Hall–Kier alpha value is -1.66. The number of aromatic nitrogens is 3. The number of hydrogen-bond donors (Lipinski definition) is 1. The van der Waals surface area contributed by atoms with Crippen LogP contribution in [0, 0.1) is 0 Å². The first-order chi connectivity index (χ1) is 9.24. The number of fused-ring (bicyclic) bond motifs is 1. The zero-order chi connectivity index (χ0) is 13.2. The van der Waals surface area contributed by atoms with E-state index in [1.807, 2.05) is 10.7 Å². The third-order valence-corrected chi connectivity index (χ3v) is 3.28. The van der Waals surface area contributed by atoms with E-state index in [2.05, 4.69) is 40.4 Å². The smallest absolute Gasteiger partial charge is 0.166 e. The molecule has 19 heavy (non-hydrogen) atoms. The van der Waals surface area contributed by atoms with Crippen LogP contribution in [0.5, 0.6) is 0 Å². The lowest BCUT2D eigenvalue weighted by Crippen LogP contribution is -2.40. The van der Waals surface area contributed by atoms with Crippen molar-refractivity contribution in [3.63, 3.8) is 0 Å². The monoisotopic (exact) mass is 261 g/mol. The SMILES string of the molecule is CC(C)c1cc2c(NN3CCOCC3)nccn2n1. The molecule has 0 spiro atoms. The van der Waals surface area contributed by atoms with Crippen LogP contribution in [0.25, 0.3) is 5.52 Å². The summed E-state index contributed by atoms with van der Waals surface area (Å²) in [5.41, 5.74) is 5.45. The van der Waals surface area contributed by atoms with Crippen molar-refractivity contribution < 1.29 is 4.74 Å². The van der Waals surface area contributed by atoms with E-state index in [1.165, 1.54) is 0 Å². The van der Waals surface area contributed by atoms with Crippen LogP contribution in [0.1, 0.15) is 25.5 Å².